The van der Waals surface area contributed by atoms with Crippen LogP contribution in [0.2, 0.25) is 0 Å². The number of thiophene rings is 1. The molecule has 1 saturated heterocycles. The van der Waals surface area contributed by atoms with Crippen LogP contribution < -0.4 is 4.74 Å². The molecule has 0 saturated carbocycles. The Hall–Kier alpha value is -3.26. The van der Waals surface area contributed by atoms with E-state index in [1.807, 2.05) is 18.2 Å². The molecule has 178 valence electrons. The molecule has 0 aliphatic carbocycles. The second kappa shape index (κ2) is 11.0. The van der Waals surface area contributed by atoms with Crippen LogP contribution in [0.3, 0.4) is 0 Å². The number of fused-ring (bicyclic) bond motifs is 1. The number of aromatic hydroxyl groups is 1. The fraction of sp³-hybridized carbons (Fsp3) is 0.290. The fourth-order valence-corrected chi connectivity index (χ4v) is 6.10. The Kier molecular flexibility index (Phi) is 7.37. The van der Waals surface area contributed by atoms with Gasteiger partial charge in [-0.3, -0.25) is 0 Å². The van der Waals surface area contributed by atoms with Crippen molar-refractivity contribution in [1.29, 1.82) is 0 Å². The number of hydrogen-bond acceptors (Lipinski definition) is 4. The number of nitrogens with zero attached hydrogens (tertiary/aromatic N) is 1. The molecule has 0 radical (unpaired) electrons. The molecule has 5 rings (SSSR count). The Morgan fingerprint density at radius 3 is 2.46 bits per heavy atom. The summed E-state index contributed by atoms with van der Waals surface area (Å²) in [6, 6.07) is 22.2. The number of terminal acetylenes is 1. The van der Waals surface area contributed by atoms with Crippen LogP contribution in [0.4, 0.5) is 0 Å². The molecular weight excluding hydrogens is 450 g/mol. The van der Waals surface area contributed by atoms with Gasteiger partial charge in [-0.05, 0) is 109 Å². The Morgan fingerprint density at radius 2 is 1.71 bits per heavy atom. The van der Waals surface area contributed by atoms with Crippen LogP contribution in [0.1, 0.15) is 42.4 Å². The molecule has 0 atom stereocenters. The molecule has 1 aliphatic heterocycles. The Bertz CT molecular complexity index is 1310. The molecule has 3 nitrogen and oxygen atoms in total. The SMILES string of the molecule is C#Cc1ccc2c(Cc3ccc(OCCCN4CCCCC4)cc3)c(-c3ccc(O)cc3)sc2c1. The van der Waals surface area contributed by atoms with Crippen LogP contribution >= 0.6 is 11.3 Å². The minimum absolute atomic E-state index is 0.276. The van der Waals surface area contributed by atoms with Crippen LogP contribution in [0.25, 0.3) is 20.5 Å². The van der Waals surface area contributed by atoms with Crippen molar-refractivity contribution in [3.05, 3.63) is 83.4 Å². The van der Waals surface area contributed by atoms with Gasteiger partial charge in [-0.1, -0.05) is 30.5 Å². The van der Waals surface area contributed by atoms with Gasteiger partial charge in [-0.2, -0.15) is 0 Å². The third kappa shape index (κ3) is 5.70. The van der Waals surface area contributed by atoms with Crippen molar-refractivity contribution in [3.63, 3.8) is 0 Å². The zero-order chi connectivity index (χ0) is 24.0. The van der Waals surface area contributed by atoms with E-state index in [4.69, 9.17) is 11.2 Å². The molecule has 1 aliphatic rings. The van der Waals surface area contributed by atoms with Crippen LogP contribution in [-0.2, 0) is 6.42 Å². The summed E-state index contributed by atoms with van der Waals surface area (Å²) >= 11 is 1.75. The highest BCUT2D eigenvalue weighted by Crippen LogP contribution is 2.40. The Balaban J connectivity index is 1.30. The number of piperidine rings is 1. The van der Waals surface area contributed by atoms with Gasteiger partial charge < -0.3 is 14.7 Å². The molecule has 0 bridgehead atoms. The van der Waals surface area contributed by atoms with Crippen LogP contribution in [0.5, 0.6) is 11.5 Å². The molecule has 1 fully saturated rings. The summed E-state index contributed by atoms with van der Waals surface area (Å²) in [5.74, 6) is 3.95. The maximum atomic E-state index is 9.75. The lowest BCUT2D eigenvalue weighted by molar-refractivity contribution is 0.205. The van der Waals surface area contributed by atoms with E-state index in [9.17, 15) is 5.11 Å². The van der Waals surface area contributed by atoms with Gasteiger partial charge in [0, 0.05) is 21.7 Å². The van der Waals surface area contributed by atoms with Crippen LogP contribution in [0, 0.1) is 12.3 Å². The lowest BCUT2D eigenvalue weighted by atomic mass is 9.98. The first-order valence-corrected chi connectivity index (χ1v) is 13.3. The zero-order valence-corrected chi connectivity index (χ0v) is 20.8. The number of phenolic OH excluding ortho intramolecular Hbond substituents is 1. The van der Waals surface area contributed by atoms with E-state index in [0.29, 0.717) is 0 Å². The van der Waals surface area contributed by atoms with Crippen molar-refractivity contribution < 1.29 is 9.84 Å². The average Bonchev–Trinajstić information content (AvgIpc) is 3.26. The first-order valence-electron chi connectivity index (χ1n) is 12.4. The molecule has 1 N–H and O–H groups in total. The summed E-state index contributed by atoms with van der Waals surface area (Å²) in [4.78, 5) is 3.77. The topological polar surface area (TPSA) is 32.7 Å². The number of ether oxygens (including phenoxy) is 1. The maximum absolute atomic E-state index is 9.75. The van der Waals surface area contributed by atoms with E-state index in [0.717, 1.165) is 42.9 Å². The normalized spacial score (nSPS) is 14.1. The van der Waals surface area contributed by atoms with E-state index < -0.39 is 0 Å². The van der Waals surface area contributed by atoms with Crippen molar-refractivity contribution in [2.75, 3.05) is 26.2 Å². The molecule has 35 heavy (non-hydrogen) atoms. The first kappa shape index (κ1) is 23.5. The summed E-state index contributed by atoms with van der Waals surface area (Å²) in [6.45, 7) is 4.36. The molecule has 4 heteroatoms. The third-order valence-corrected chi connectivity index (χ3v) is 7.97. The van der Waals surface area contributed by atoms with Gasteiger partial charge in [0.25, 0.3) is 0 Å². The summed E-state index contributed by atoms with van der Waals surface area (Å²) < 4.78 is 7.21. The van der Waals surface area contributed by atoms with E-state index in [-0.39, 0.29) is 5.75 Å². The van der Waals surface area contributed by atoms with Crippen molar-refractivity contribution in [2.24, 2.45) is 0 Å². The molecule has 3 aromatic carbocycles. The molecule has 4 aromatic rings. The highest BCUT2D eigenvalue weighted by atomic mass is 32.1. The second-order valence-corrected chi connectivity index (χ2v) is 10.3. The quantitative estimate of drug-likeness (QED) is 0.215. The first-order chi connectivity index (χ1) is 17.2. The second-order valence-electron chi connectivity index (χ2n) is 9.24. The molecule has 1 aromatic heterocycles. The molecule has 0 unspecified atom stereocenters. The van der Waals surface area contributed by atoms with Gasteiger partial charge >= 0.3 is 0 Å². The minimum atomic E-state index is 0.276. The smallest absolute Gasteiger partial charge is 0.119 e. The number of benzene rings is 3. The van der Waals surface area contributed by atoms with Gasteiger partial charge in [0.05, 0.1) is 6.61 Å². The van der Waals surface area contributed by atoms with E-state index in [1.54, 1.807) is 23.5 Å². The van der Waals surface area contributed by atoms with Gasteiger partial charge in [-0.25, -0.2) is 0 Å². The monoisotopic (exact) mass is 481 g/mol. The third-order valence-electron chi connectivity index (χ3n) is 6.73. The fourth-order valence-electron chi connectivity index (χ4n) is 4.83. The molecule has 0 amide bonds. The van der Waals surface area contributed by atoms with Crippen molar-refractivity contribution in [3.8, 4) is 34.3 Å². The number of likely N-dealkylation sites (tertiary alicyclic amines) is 1. The molecule has 2 heterocycles. The summed E-state index contributed by atoms with van der Waals surface area (Å²) in [5, 5.41) is 11.0. The van der Waals surface area contributed by atoms with Gasteiger partial charge in [-0.15, -0.1) is 17.8 Å². The predicted octanol–water partition coefficient (Wildman–Crippen LogP) is 7.10. The molecular formula is C31H31NO2S. The van der Waals surface area contributed by atoms with Crippen LogP contribution in [0.15, 0.2) is 66.7 Å². The highest BCUT2D eigenvalue weighted by Gasteiger charge is 2.15. The largest absolute Gasteiger partial charge is 0.508 e. The number of phenols is 1. The van der Waals surface area contributed by atoms with E-state index in [1.165, 1.54) is 58.4 Å². The Morgan fingerprint density at radius 1 is 0.943 bits per heavy atom. The van der Waals surface area contributed by atoms with E-state index >= 15 is 0 Å². The van der Waals surface area contributed by atoms with E-state index in [2.05, 4.69) is 47.2 Å². The maximum Gasteiger partial charge on any atom is 0.119 e. The van der Waals surface area contributed by atoms with Crippen molar-refractivity contribution >= 4 is 21.4 Å². The summed E-state index contributed by atoms with van der Waals surface area (Å²) in [5.41, 5.74) is 4.53. The van der Waals surface area contributed by atoms with Crippen LogP contribution in [-0.4, -0.2) is 36.2 Å². The predicted molar refractivity (Wildman–Crippen MR) is 147 cm³/mol. The zero-order valence-electron chi connectivity index (χ0n) is 20.0. The summed E-state index contributed by atoms with van der Waals surface area (Å²) in [6.07, 6.45) is 11.6. The summed E-state index contributed by atoms with van der Waals surface area (Å²) in [7, 11) is 0. The number of rotatable bonds is 8. The van der Waals surface area contributed by atoms with Gasteiger partial charge in [0.2, 0.25) is 0 Å². The van der Waals surface area contributed by atoms with Gasteiger partial charge in [0.15, 0.2) is 0 Å². The number of hydrogen-bond donors (Lipinski definition) is 1. The van der Waals surface area contributed by atoms with Crippen molar-refractivity contribution in [1.82, 2.24) is 4.90 Å². The van der Waals surface area contributed by atoms with Crippen molar-refractivity contribution in [2.45, 2.75) is 32.1 Å². The highest BCUT2D eigenvalue weighted by molar-refractivity contribution is 7.22. The lowest BCUT2D eigenvalue weighted by Gasteiger charge is -2.26. The average molecular weight is 482 g/mol. The Labute approximate surface area is 212 Å². The molecule has 0 spiro atoms. The lowest BCUT2D eigenvalue weighted by Crippen LogP contribution is -2.31. The standard InChI is InChI=1S/C31H31NO2S/c1-2-23-9-16-28-29(31(35-30(28)22-23)25-10-12-26(33)13-11-25)21-24-7-14-27(15-8-24)34-20-6-19-32-17-4-3-5-18-32/h1,7-16,22,33H,3-6,17-21H2. The minimum Gasteiger partial charge on any atom is -0.508 e. The van der Waals surface area contributed by atoms with Gasteiger partial charge in [0.1, 0.15) is 11.5 Å².